The maximum absolute atomic E-state index is 13.5. The zero-order valence-corrected chi connectivity index (χ0v) is 11.6. The zero-order valence-electron chi connectivity index (χ0n) is 11.6. The first-order valence-electron chi connectivity index (χ1n) is 6.60. The Bertz CT molecular complexity index is 1010. The van der Waals surface area contributed by atoms with Crippen molar-refractivity contribution in [1.29, 1.82) is 0 Å². The summed E-state index contributed by atoms with van der Waals surface area (Å²) in [6.07, 6.45) is 0. The maximum atomic E-state index is 13.5. The van der Waals surface area contributed by atoms with Crippen LogP contribution in [0.2, 0.25) is 0 Å². The van der Waals surface area contributed by atoms with Gasteiger partial charge in [-0.2, -0.15) is 0 Å². The molecular weight excluding hydrogens is 288 g/mol. The second kappa shape index (κ2) is 4.27. The summed E-state index contributed by atoms with van der Waals surface area (Å²) in [5, 5.41) is 8.18. The molecule has 0 saturated heterocycles. The van der Waals surface area contributed by atoms with Crippen molar-refractivity contribution in [2.24, 2.45) is 7.05 Å². The molecule has 2 aromatic heterocycles. The van der Waals surface area contributed by atoms with E-state index in [0.717, 1.165) is 17.1 Å². The van der Waals surface area contributed by atoms with Gasteiger partial charge in [-0.15, -0.1) is 10.2 Å². The lowest BCUT2D eigenvalue weighted by atomic mass is 10.2. The molecule has 110 valence electrons. The number of hydrogen-bond acceptors (Lipinski definition) is 3. The van der Waals surface area contributed by atoms with Crippen LogP contribution in [0.1, 0.15) is 0 Å². The van der Waals surface area contributed by atoms with Gasteiger partial charge in [0.15, 0.2) is 5.82 Å². The summed E-state index contributed by atoms with van der Waals surface area (Å²) in [6, 6.07) is 8.72. The van der Waals surface area contributed by atoms with Crippen LogP contribution in [-0.2, 0) is 7.05 Å². The fraction of sp³-hybridized carbons (Fsp3) is 0.0667. The molecule has 0 bridgehead atoms. The third-order valence-electron chi connectivity index (χ3n) is 3.67. The first kappa shape index (κ1) is 12.8. The van der Waals surface area contributed by atoms with Crippen molar-refractivity contribution in [3.63, 3.8) is 0 Å². The van der Waals surface area contributed by atoms with Crippen molar-refractivity contribution in [2.75, 3.05) is 5.73 Å². The summed E-state index contributed by atoms with van der Waals surface area (Å²) in [4.78, 5) is 0. The minimum absolute atomic E-state index is 0.319. The lowest BCUT2D eigenvalue weighted by Crippen LogP contribution is -1.91. The van der Waals surface area contributed by atoms with E-state index < -0.39 is 11.6 Å². The first-order chi connectivity index (χ1) is 10.5. The highest BCUT2D eigenvalue weighted by atomic mass is 19.1. The Labute approximate surface area is 123 Å². The molecule has 4 aromatic rings. The summed E-state index contributed by atoms with van der Waals surface area (Å²) < 4.78 is 30.5. The second-order valence-electron chi connectivity index (χ2n) is 5.12. The molecule has 0 unspecified atom stereocenters. The van der Waals surface area contributed by atoms with Gasteiger partial charge in [0.1, 0.15) is 11.6 Å². The van der Waals surface area contributed by atoms with E-state index in [2.05, 4.69) is 10.2 Å². The van der Waals surface area contributed by atoms with Gasteiger partial charge >= 0.3 is 0 Å². The van der Waals surface area contributed by atoms with Gasteiger partial charge in [0, 0.05) is 24.4 Å². The Kier molecular flexibility index (Phi) is 2.47. The average Bonchev–Trinajstić information content (AvgIpc) is 2.99. The number of benzene rings is 2. The molecule has 0 saturated carbocycles. The molecule has 7 heteroatoms. The molecule has 2 aromatic carbocycles. The van der Waals surface area contributed by atoms with Crippen LogP contribution in [0.5, 0.6) is 0 Å². The number of aryl methyl sites for hydroxylation is 1. The molecule has 2 heterocycles. The van der Waals surface area contributed by atoms with Crippen LogP contribution in [0.15, 0.2) is 36.4 Å². The number of anilines is 1. The van der Waals surface area contributed by atoms with E-state index >= 15 is 0 Å². The highest BCUT2D eigenvalue weighted by molar-refractivity contribution is 5.85. The van der Waals surface area contributed by atoms with Crippen molar-refractivity contribution in [3.05, 3.63) is 48.0 Å². The number of halogens is 2. The normalized spacial score (nSPS) is 11.6. The number of imidazole rings is 1. The Balaban J connectivity index is 2.13. The van der Waals surface area contributed by atoms with E-state index in [-0.39, 0.29) is 0 Å². The lowest BCUT2D eigenvalue weighted by Gasteiger charge is -2.01. The van der Waals surface area contributed by atoms with E-state index in [1.165, 1.54) is 12.1 Å². The van der Waals surface area contributed by atoms with Crippen LogP contribution < -0.4 is 5.73 Å². The van der Waals surface area contributed by atoms with Crippen molar-refractivity contribution < 1.29 is 8.78 Å². The zero-order chi connectivity index (χ0) is 15.4. The monoisotopic (exact) mass is 299 g/mol. The molecule has 0 fully saturated rings. The fourth-order valence-electron chi connectivity index (χ4n) is 2.70. The van der Waals surface area contributed by atoms with Gasteiger partial charge in [0.2, 0.25) is 5.78 Å². The average molecular weight is 299 g/mol. The Morgan fingerprint density at radius 1 is 0.955 bits per heavy atom. The lowest BCUT2D eigenvalue weighted by molar-refractivity contribution is 0.584. The quantitative estimate of drug-likeness (QED) is 0.550. The molecule has 5 nitrogen and oxygen atoms in total. The predicted molar refractivity (Wildman–Crippen MR) is 79.2 cm³/mol. The van der Waals surface area contributed by atoms with Crippen molar-refractivity contribution >= 4 is 22.5 Å². The topological polar surface area (TPSA) is 61.1 Å². The number of fused-ring (bicyclic) bond motifs is 3. The predicted octanol–water partition coefficient (Wildman–Crippen LogP) is 2.75. The highest BCUT2D eigenvalue weighted by Gasteiger charge is 2.17. The van der Waals surface area contributed by atoms with Crippen LogP contribution >= 0.6 is 0 Å². The Morgan fingerprint density at radius 3 is 2.41 bits per heavy atom. The molecule has 0 aliphatic heterocycles. The third kappa shape index (κ3) is 1.68. The summed E-state index contributed by atoms with van der Waals surface area (Å²) in [7, 11) is 1.85. The van der Waals surface area contributed by atoms with Gasteiger partial charge in [-0.25, -0.2) is 8.78 Å². The van der Waals surface area contributed by atoms with Crippen molar-refractivity contribution in [3.8, 4) is 11.4 Å². The summed E-state index contributed by atoms with van der Waals surface area (Å²) in [6.45, 7) is 0. The van der Waals surface area contributed by atoms with Crippen LogP contribution in [0.3, 0.4) is 0 Å². The molecule has 0 atom stereocenters. The van der Waals surface area contributed by atoms with Gasteiger partial charge < -0.3 is 10.3 Å². The molecule has 0 spiro atoms. The van der Waals surface area contributed by atoms with Crippen LogP contribution in [0.4, 0.5) is 14.5 Å². The van der Waals surface area contributed by atoms with Crippen molar-refractivity contribution in [2.45, 2.75) is 0 Å². The number of hydrogen-bond donors (Lipinski definition) is 1. The van der Waals surface area contributed by atoms with E-state index in [1.54, 1.807) is 16.5 Å². The van der Waals surface area contributed by atoms with Gasteiger partial charge in [-0.1, -0.05) is 0 Å². The Hall–Kier alpha value is -2.96. The molecule has 0 amide bonds. The number of rotatable bonds is 1. The first-order valence-corrected chi connectivity index (χ1v) is 6.60. The van der Waals surface area contributed by atoms with E-state index in [9.17, 15) is 8.78 Å². The van der Waals surface area contributed by atoms with Gasteiger partial charge in [-0.05, 0) is 30.3 Å². The van der Waals surface area contributed by atoms with E-state index in [4.69, 9.17) is 5.73 Å². The smallest absolute Gasteiger partial charge is 0.236 e. The van der Waals surface area contributed by atoms with Crippen LogP contribution in [-0.4, -0.2) is 19.2 Å². The minimum Gasteiger partial charge on any atom is -0.399 e. The largest absolute Gasteiger partial charge is 0.399 e. The summed E-state index contributed by atoms with van der Waals surface area (Å²) >= 11 is 0. The fourth-order valence-corrected chi connectivity index (χ4v) is 2.70. The molecule has 0 radical (unpaired) electrons. The van der Waals surface area contributed by atoms with E-state index in [1.807, 2.05) is 17.7 Å². The van der Waals surface area contributed by atoms with Crippen LogP contribution in [0, 0.1) is 11.6 Å². The molecule has 0 aliphatic carbocycles. The second-order valence-corrected chi connectivity index (χ2v) is 5.12. The third-order valence-corrected chi connectivity index (χ3v) is 3.67. The van der Waals surface area contributed by atoms with Crippen molar-refractivity contribution in [1.82, 2.24) is 19.2 Å². The highest BCUT2D eigenvalue weighted by Crippen LogP contribution is 2.27. The van der Waals surface area contributed by atoms with E-state index in [0.29, 0.717) is 22.9 Å². The maximum Gasteiger partial charge on any atom is 0.236 e. The van der Waals surface area contributed by atoms with Crippen LogP contribution in [0.25, 0.3) is 28.2 Å². The van der Waals surface area contributed by atoms with Gasteiger partial charge in [-0.3, -0.25) is 4.40 Å². The molecule has 4 rings (SSSR count). The molecule has 0 aliphatic rings. The summed E-state index contributed by atoms with van der Waals surface area (Å²) in [5.74, 6) is -0.386. The Morgan fingerprint density at radius 2 is 1.68 bits per heavy atom. The number of nitrogens with zero attached hydrogens (tertiary/aromatic N) is 4. The summed E-state index contributed by atoms with van der Waals surface area (Å²) in [5.41, 5.74) is 8.43. The SMILES string of the molecule is Cn1c2ccc(N)cc2n2c(-c3cc(F)cc(F)c3)nnc12. The molecule has 2 N–H and O–H groups in total. The number of aromatic nitrogens is 4. The van der Waals surface area contributed by atoms with Gasteiger partial charge in [0.05, 0.1) is 11.0 Å². The minimum atomic E-state index is -0.661. The molecular formula is C15H11F2N5. The number of nitrogen functional groups attached to an aromatic ring is 1. The van der Waals surface area contributed by atoms with Gasteiger partial charge in [0.25, 0.3) is 0 Å². The number of nitrogens with two attached hydrogens (primary N) is 1. The standard InChI is InChI=1S/C15H11F2N5/c1-21-12-3-2-11(18)7-13(12)22-14(19-20-15(21)22)8-4-9(16)6-10(17)5-8/h2-7H,18H2,1H3. The molecule has 22 heavy (non-hydrogen) atoms.